The van der Waals surface area contributed by atoms with E-state index in [2.05, 4.69) is 5.32 Å². The Bertz CT molecular complexity index is 754. The first-order valence-electron chi connectivity index (χ1n) is 8.18. The number of nitrogen functional groups attached to an aromatic ring is 1. The molecule has 0 aromatic heterocycles. The molecule has 0 aliphatic heterocycles. The number of aromatic hydroxyl groups is 1. The standard InChI is InChI=1S/C19H23N3O4/c20-15-2-7-18(25)14(13-15)1-8-19(26)21-16-3-5-17(6-4-16)22(9-11-23)10-12-24/h1-8,13,23-25H,9-12,20H2,(H,21,26). The minimum Gasteiger partial charge on any atom is -0.507 e. The molecule has 26 heavy (non-hydrogen) atoms. The number of nitrogens with two attached hydrogens (primary N) is 1. The fourth-order valence-electron chi connectivity index (χ4n) is 2.42. The number of carbonyl (C=O) groups is 1. The molecule has 0 aliphatic rings. The molecule has 2 aromatic carbocycles. The van der Waals surface area contributed by atoms with Gasteiger partial charge in [0.05, 0.1) is 13.2 Å². The number of nitrogens with zero attached hydrogens (tertiary/aromatic N) is 1. The van der Waals surface area contributed by atoms with Crippen LogP contribution in [0.3, 0.4) is 0 Å². The summed E-state index contributed by atoms with van der Waals surface area (Å²) in [7, 11) is 0. The summed E-state index contributed by atoms with van der Waals surface area (Å²) in [6.45, 7) is 0.803. The number of hydrogen-bond donors (Lipinski definition) is 5. The number of phenols is 1. The number of aliphatic hydroxyl groups excluding tert-OH is 2. The van der Waals surface area contributed by atoms with E-state index in [1.54, 1.807) is 36.4 Å². The lowest BCUT2D eigenvalue weighted by molar-refractivity contribution is -0.111. The van der Waals surface area contributed by atoms with Gasteiger partial charge in [0.15, 0.2) is 0 Å². The minimum atomic E-state index is -0.345. The third kappa shape index (κ3) is 5.51. The van der Waals surface area contributed by atoms with Crippen molar-refractivity contribution in [3.63, 3.8) is 0 Å². The van der Waals surface area contributed by atoms with Crippen LogP contribution in [0.1, 0.15) is 5.56 Å². The molecule has 6 N–H and O–H groups in total. The Morgan fingerprint density at radius 3 is 2.35 bits per heavy atom. The summed E-state index contributed by atoms with van der Waals surface area (Å²) in [5.41, 5.74) is 8.05. The maximum atomic E-state index is 12.0. The van der Waals surface area contributed by atoms with Crippen LogP contribution in [0.4, 0.5) is 17.1 Å². The van der Waals surface area contributed by atoms with Gasteiger partial charge in [0.25, 0.3) is 0 Å². The van der Waals surface area contributed by atoms with Gasteiger partial charge >= 0.3 is 0 Å². The fraction of sp³-hybridized carbons (Fsp3) is 0.211. The van der Waals surface area contributed by atoms with Crippen molar-refractivity contribution in [3.8, 4) is 5.75 Å². The molecule has 0 saturated carbocycles. The van der Waals surface area contributed by atoms with E-state index in [9.17, 15) is 9.90 Å². The van der Waals surface area contributed by atoms with E-state index in [-0.39, 0.29) is 24.9 Å². The summed E-state index contributed by atoms with van der Waals surface area (Å²) in [6, 6.07) is 11.7. The van der Waals surface area contributed by atoms with Crippen LogP contribution >= 0.6 is 0 Å². The topological polar surface area (TPSA) is 119 Å². The van der Waals surface area contributed by atoms with Crippen molar-refractivity contribution in [2.24, 2.45) is 0 Å². The first kappa shape index (κ1) is 19.3. The largest absolute Gasteiger partial charge is 0.507 e. The summed E-state index contributed by atoms with van der Waals surface area (Å²) < 4.78 is 0. The fourth-order valence-corrected chi connectivity index (χ4v) is 2.42. The van der Waals surface area contributed by atoms with Gasteiger partial charge < -0.3 is 31.3 Å². The molecule has 7 nitrogen and oxygen atoms in total. The number of amides is 1. The van der Waals surface area contributed by atoms with Crippen LogP contribution in [0.5, 0.6) is 5.75 Å². The van der Waals surface area contributed by atoms with Crippen LogP contribution in [-0.2, 0) is 4.79 Å². The number of rotatable bonds is 8. The van der Waals surface area contributed by atoms with Crippen LogP contribution < -0.4 is 16.0 Å². The second-order valence-corrected chi connectivity index (χ2v) is 5.62. The Labute approximate surface area is 152 Å². The number of benzene rings is 2. The molecular formula is C19H23N3O4. The zero-order valence-electron chi connectivity index (χ0n) is 14.3. The van der Waals surface area contributed by atoms with Gasteiger partial charge in [0.1, 0.15) is 5.75 Å². The Kier molecular flexibility index (Phi) is 7.02. The number of phenolic OH excluding ortho intramolecular Hbond substituents is 1. The van der Waals surface area contributed by atoms with Gasteiger partial charge in [0, 0.05) is 41.8 Å². The molecule has 7 heteroatoms. The van der Waals surface area contributed by atoms with E-state index in [4.69, 9.17) is 15.9 Å². The highest BCUT2D eigenvalue weighted by Gasteiger charge is 2.06. The number of nitrogens with one attached hydrogen (secondary N) is 1. The molecule has 0 heterocycles. The lowest BCUT2D eigenvalue weighted by Crippen LogP contribution is -2.29. The lowest BCUT2D eigenvalue weighted by Gasteiger charge is -2.23. The predicted molar refractivity (Wildman–Crippen MR) is 103 cm³/mol. The van der Waals surface area contributed by atoms with E-state index in [1.807, 2.05) is 4.90 Å². The molecular weight excluding hydrogens is 334 g/mol. The highest BCUT2D eigenvalue weighted by molar-refractivity contribution is 6.02. The van der Waals surface area contributed by atoms with Crippen molar-refractivity contribution >= 4 is 29.0 Å². The quantitative estimate of drug-likeness (QED) is 0.277. The van der Waals surface area contributed by atoms with Gasteiger partial charge in [-0.05, 0) is 48.5 Å². The third-order valence-electron chi connectivity index (χ3n) is 3.71. The summed E-state index contributed by atoms with van der Waals surface area (Å²) in [6.07, 6.45) is 2.80. The smallest absolute Gasteiger partial charge is 0.248 e. The summed E-state index contributed by atoms with van der Waals surface area (Å²) in [5.74, 6) is -0.303. The van der Waals surface area contributed by atoms with Gasteiger partial charge in [-0.25, -0.2) is 0 Å². The molecule has 138 valence electrons. The maximum absolute atomic E-state index is 12.0. The van der Waals surface area contributed by atoms with E-state index < -0.39 is 0 Å². The zero-order valence-corrected chi connectivity index (χ0v) is 14.3. The molecule has 0 fully saturated rings. The first-order chi connectivity index (χ1) is 12.5. The zero-order chi connectivity index (χ0) is 18.9. The molecule has 0 unspecified atom stereocenters. The predicted octanol–water partition coefficient (Wildman–Crippen LogP) is 1.42. The molecule has 2 rings (SSSR count). The van der Waals surface area contributed by atoms with Crippen LogP contribution in [0.15, 0.2) is 48.5 Å². The van der Waals surface area contributed by atoms with Crippen molar-refractivity contribution in [1.82, 2.24) is 0 Å². The number of carbonyl (C=O) groups excluding carboxylic acids is 1. The average Bonchev–Trinajstić information content (AvgIpc) is 2.63. The highest BCUT2D eigenvalue weighted by atomic mass is 16.3. The van der Waals surface area contributed by atoms with Crippen molar-refractivity contribution in [1.29, 1.82) is 0 Å². The number of hydrogen-bond acceptors (Lipinski definition) is 6. The van der Waals surface area contributed by atoms with Gasteiger partial charge in [0.2, 0.25) is 5.91 Å². The van der Waals surface area contributed by atoms with Gasteiger partial charge in [-0.15, -0.1) is 0 Å². The van der Waals surface area contributed by atoms with Crippen molar-refractivity contribution in [2.75, 3.05) is 42.3 Å². The summed E-state index contributed by atoms with van der Waals surface area (Å²) in [4.78, 5) is 13.9. The third-order valence-corrected chi connectivity index (χ3v) is 3.71. The van der Waals surface area contributed by atoms with E-state index >= 15 is 0 Å². The van der Waals surface area contributed by atoms with Crippen LogP contribution in [0.2, 0.25) is 0 Å². The second kappa shape index (κ2) is 9.45. The van der Waals surface area contributed by atoms with E-state index in [0.29, 0.717) is 30.0 Å². The second-order valence-electron chi connectivity index (χ2n) is 5.62. The van der Waals surface area contributed by atoms with Gasteiger partial charge in [-0.2, -0.15) is 0 Å². The minimum absolute atomic E-state index is 0.0138. The van der Waals surface area contributed by atoms with Gasteiger partial charge in [-0.1, -0.05) is 0 Å². The van der Waals surface area contributed by atoms with E-state index in [0.717, 1.165) is 5.69 Å². The number of aliphatic hydroxyl groups is 2. The van der Waals surface area contributed by atoms with Crippen molar-refractivity contribution in [3.05, 3.63) is 54.1 Å². The molecule has 0 bridgehead atoms. The Morgan fingerprint density at radius 1 is 1.08 bits per heavy atom. The van der Waals surface area contributed by atoms with E-state index in [1.165, 1.54) is 18.2 Å². The molecule has 2 aromatic rings. The monoisotopic (exact) mass is 357 g/mol. The first-order valence-corrected chi connectivity index (χ1v) is 8.18. The molecule has 0 aliphatic carbocycles. The normalized spacial score (nSPS) is 10.8. The Balaban J connectivity index is 2.00. The molecule has 0 spiro atoms. The number of anilines is 3. The summed E-state index contributed by atoms with van der Waals surface area (Å²) in [5, 5.41) is 30.6. The van der Waals surface area contributed by atoms with Crippen LogP contribution in [0.25, 0.3) is 6.08 Å². The Morgan fingerprint density at radius 2 is 1.73 bits per heavy atom. The van der Waals surface area contributed by atoms with Crippen molar-refractivity contribution in [2.45, 2.75) is 0 Å². The average molecular weight is 357 g/mol. The van der Waals surface area contributed by atoms with Gasteiger partial charge in [-0.3, -0.25) is 4.79 Å². The summed E-state index contributed by atoms with van der Waals surface area (Å²) >= 11 is 0. The van der Waals surface area contributed by atoms with Crippen LogP contribution in [0, 0.1) is 0 Å². The van der Waals surface area contributed by atoms with Crippen LogP contribution in [-0.4, -0.2) is 47.5 Å². The molecule has 0 atom stereocenters. The molecule has 1 amide bonds. The lowest BCUT2D eigenvalue weighted by atomic mass is 10.1. The highest BCUT2D eigenvalue weighted by Crippen LogP contribution is 2.21. The maximum Gasteiger partial charge on any atom is 0.248 e. The van der Waals surface area contributed by atoms with Crippen molar-refractivity contribution < 1.29 is 20.1 Å². The molecule has 0 saturated heterocycles. The molecule has 0 radical (unpaired) electrons. The Hall–Kier alpha value is -3.03. The SMILES string of the molecule is Nc1ccc(O)c(C=CC(=O)Nc2ccc(N(CCO)CCO)cc2)c1.